The van der Waals surface area contributed by atoms with Crippen LogP contribution in [0.5, 0.6) is 0 Å². The lowest BCUT2D eigenvalue weighted by atomic mass is 10.0. The van der Waals surface area contributed by atoms with Gasteiger partial charge >= 0.3 is 0 Å². The van der Waals surface area contributed by atoms with Gasteiger partial charge in [0.1, 0.15) is 5.56 Å². The number of aromatic nitrogens is 1. The van der Waals surface area contributed by atoms with Crippen molar-refractivity contribution in [1.29, 1.82) is 0 Å². The molecule has 2 aromatic carbocycles. The Bertz CT molecular complexity index is 1300. The Kier molecular flexibility index (Phi) is 7.58. The number of hydrogen-bond acceptors (Lipinski definition) is 4. The van der Waals surface area contributed by atoms with E-state index in [1.807, 2.05) is 12.1 Å². The van der Waals surface area contributed by atoms with E-state index in [1.54, 1.807) is 18.2 Å². The van der Waals surface area contributed by atoms with Gasteiger partial charge in [0.25, 0.3) is 15.9 Å². The minimum absolute atomic E-state index is 0.0172. The summed E-state index contributed by atoms with van der Waals surface area (Å²) >= 11 is 0. The fourth-order valence-electron chi connectivity index (χ4n) is 3.56. The van der Waals surface area contributed by atoms with E-state index in [1.165, 1.54) is 29.7 Å². The van der Waals surface area contributed by atoms with Crippen LogP contribution in [0.4, 0.5) is 5.69 Å². The van der Waals surface area contributed by atoms with Crippen LogP contribution in [-0.4, -0.2) is 32.9 Å². The molecular weight excluding hydrogens is 438 g/mol. The first-order valence-electron chi connectivity index (χ1n) is 11.2. The van der Waals surface area contributed by atoms with Gasteiger partial charge in [-0.05, 0) is 48.2 Å². The summed E-state index contributed by atoms with van der Waals surface area (Å²) < 4.78 is 27.7. The summed E-state index contributed by atoms with van der Waals surface area (Å²) in [6.07, 6.45) is 4.22. The van der Waals surface area contributed by atoms with E-state index >= 15 is 0 Å². The van der Waals surface area contributed by atoms with Gasteiger partial charge in [-0.25, -0.2) is 8.42 Å². The Morgan fingerprint density at radius 3 is 2.42 bits per heavy atom. The van der Waals surface area contributed by atoms with Gasteiger partial charge in [0.15, 0.2) is 0 Å². The van der Waals surface area contributed by atoms with Gasteiger partial charge in [0.2, 0.25) is 5.43 Å². The van der Waals surface area contributed by atoms with Gasteiger partial charge in [-0.15, -0.1) is 0 Å². The standard InChI is InChI=1S/C25H31N3O4S/c1-5-6-7-14-26-25(30)22-16-27-23-13-12-20(15-21(23)24(22)29)33(31,32)28(4)19-10-8-18(9-11-19)17(2)3/h8-13,15-17H,5-7,14H2,1-4H3,(H,26,30)(H,27,29). The summed E-state index contributed by atoms with van der Waals surface area (Å²) in [5.41, 5.74) is 1.56. The third-order valence-electron chi connectivity index (χ3n) is 5.74. The van der Waals surface area contributed by atoms with Crippen molar-refractivity contribution in [3.63, 3.8) is 0 Å². The highest BCUT2D eigenvalue weighted by atomic mass is 32.2. The van der Waals surface area contributed by atoms with Crippen molar-refractivity contribution >= 4 is 32.5 Å². The Morgan fingerprint density at radius 1 is 1.09 bits per heavy atom. The third kappa shape index (κ3) is 5.27. The monoisotopic (exact) mass is 469 g/mol. The van der Waals surface area contributed by atoms with E-state index in [9.17, 15) is 18.0 Å². The zero-order valence-electron chi connectivity index (χ0n) is 19.5. The normalized spacial score (nSPS) is 11.7. The SMILES string of the molecule is CCCCCNC(=O)c1c[nH]c2ccc(S(=O)(=O)N(C)c3ccc(C(C)C)cc3)cc2c1=O. The van der Waals surface area contributed by atoms with E-state index in [4.69, 9.17) is 0 Å². The Balaban J connectivity index is 1.93. The van der Waals surface area contributed by atoms with Gasteiger partial charge in [-0.2, -0.15) is 0 Å². The molecule has 0 saturated heterocycles. The van der Waals surface area contributed by atoms with Gasteiger partial charge in [0, 0.05) is 30.7 Å². The second-order valence-corrected chi connectivity index (χ2v) is 10.4. The topological polar surface area (TPSA) is 99.3 Å². The lowest BCUT2D eigenvalue weighted by Crippen LogP contribution is -2.30. The second kappa shape index (κ2) is 10.2. The molecule has 7 nitrogen and oxygen atoms in total. The maximum absolute atomic E-state index is 13.3. The number of amides is 1. The third-order valence-corrected chi connectivity index (χ3v) is 7.53. The van der Waals surface area contributed by atoms with Crippen LogP contribution in [0, 0.1) is 0 Å². The number of nitrogens with one attached hydrogen (secondary N) is 2. The summed E-state index contributed by atoms with van der Waals surface area (Å²) in [7, 11) is -2.43. The van der Waals surface area contributed by atoms with Crippen molar-refractivity contribution in [2.75, 3.05) is 17.9 Å². The summed E-state index contributed by atoms with van der Waals surface area (Å²) in [6.45, 7) is 6.70. The lowest BCUT2D eigenvalue weighted by molar-refractivity contribution is 0.0951. The summed E-state index contributed by atoms with van der Waals surface area (Å²) in [5.74, 6) is -0.129. The number of aromatic amines is 1. The van der Waals surface area contributed by atoms with Crippen LogP contribution < -0.4 is 15.1 Å². The second-order valence-electron chi connectivity index (χ2n) is 8.42. The van der Waals surface area contributed by atoms with E-state index in [-0.39, 0.29) is 15.8 Å². The van der Waals surface area contributed by atoms with Crippen LogP contribution >= 0.6 is 0 Å². The fraction of sp³-hybridized carbons (Fsp3) is 0.360. The molecule has 2 N–H and O–H groups in total. The molecular formula is C25H31N3O4S. The van der Waals surface area contributed by atoms with Crippen LogP contribution in [0.15, 0.2) is 58.4 Å². The van der Waals surface area contributed by atoms with Crippen LogP contribution in [0.1, 0.15) is 61.9 Å². The minimum atomic E-state index is -3.91. The minimum Gasteiger partial charge on any atom is -0.360 e. The maximum atomic E-state index is 13.3. The number of nitrogens with zero attached hydrogens (tertiary/aromatic N) is 1. The molecule has 8 heteroatoms. The zero-order valence-corrected chi connectivity index (χ0v) is 20.3. The number of pyridine rings is 1. The molecule has 0 atom stereocenters. The van der Waals surface area contributed by atoms with Crippen molar-refractivity contribution < 1.29 is 13.2 Å². The average molecular weight is 470 g/mol. The van der Waals surface area contributed by atoms with Crippen molar-refractivity contribution in [1.82, 2.24) is 10.3 Å². The van der Waals surface area contributed by atoms with Crippen molar-refractivity contribution in [3.05, 3.63) is 70.0 Å². The highest BCUT2D eigenvalue weighted by Crippen LogP contribution is 2.25. The molecule has 0 bridgehead atoms. The summed E-state index contributed by atoms with van der Waals surface area (Å²) in [6, 6.07) is 11.7. The summed E-state index contributed by atoms with van der Waals surface area (Å²) in [5, 5.41) is 2.90. The van der Waals surface area contributed by atoms with Crippen LogP contribution in [0.25, 0.3) is 10.9 Å². The quantitative estimate of drug-likeness (QED) is 0.454. The number of rotatable bonds is 9. The van der Waals surface area contributed by atoms with Crippen LogP contribution in [-0.2, 0) is 10.0 Å². The molecule has 1 heterocycles. The lowest BCUT2D eigenvalue weighted by Gasteiger charge is -2.20. The number of benzene rings is 2. The molecule has 0 aliphatic rings. The van der Waals surface area contributed by atoms with E-state index < -0.39 is 21.4 Å². The number of carbonyl (C=O) groups excluding carboxylic acids is 1. The van der Waals surface area contributed by atoms with Crippen LogP contribution in [0.2, 0.25) is 0 Å². The molecule has 0 aliphatic carbocycles. The highest BCUT2D eigenvalue weighted by molar-refractivity contribution is 7.92. The van der Waals surface area contributed by atoms with Gasteiger partial charge in [-0.1, -0.05) is 45.7 Å². The van der Waals surface area contributed by atoms with Gasteiger partial charge in [0.05, 0.1) is 10.6 Å². The molecule has 0 fully saturated rings. The molecule has 0 radical (unpaired) electrons. The number of fused-ring (bicyclic) bond motifs is 1. The van der Waals surface area contributed by atoms with Gasteiger partial charge < -0.3 is 10.3 Å². The molecule has 1 amide bonds. The molecule has 3 rings (SSSR count). The predicted molar refractivity (Wildman–Crippen MR) is 133 cm³/mol. The zero-order chi connectivity index (χ0) is 24.2. The molecule has 3 aromatic rings. The molecule has 176 valence electrons. The maximum Gasteiger partial charge on any atom is 0.264 e. The average Bonchev–Trinajstić information content (AvgIpc) is 2.81. The molecule has 33 heavy (non-hydrogen) atoms. The number of carbonyl (C=O) groups is 1. The first kappa shape index (κ1) is 24.5. The highest BCUT2D eigenvalue weighted by Gasteiger charge is 2.23. The number of hydrogen-bond donors (Lipinski definition) is 2. The van der Waals surface area contributed by atoms with Crippen LogP contribution in [0.3, 0.4) is 0 Å². The Morgan fingerprint density at radius 2 is 1.79 bits per heavy atom. The molecule has 1 aromatic heterocycles. The largest absolute Gasteiger partial charge is 0.360 e. The van der Waals surface area contributed by atoms with E-state index in [0.717, 1.165) is 24.8 Å². The van der Waals surface area contributed by atoms with Crippen molar-refractivity contribution in [2.45, 2.75) is 50.8 Å². The molecule has 0 saturated carbocycles. The number of anilines is 1. The fourth-order valence-corrected chi connectivity index (χ4v) is 4.79. The number of H-pyrrole nitrogens is 1. The van der Waals surface area contributed by atoms with Gasteiger partial charge in [-0.3, -0.25) is 13.9 Å². The molecule has 0 unspecified atom stereocenters. The smallest absolute Gasteiger partial charge is 0.264 e. The number of sulfonamides is 1. The van der Waals surface area contributed by atoms with E-state index in [2.05, 4.69) is 31.1 Å². The van der Waals surface area contributed by atoms with E-state index in [0.29, 0.717) is 23.7 Å². The van der Waals surface area contributed by atoms with Crippen molar-refractivity contribution in [2.24, 2.45) is 0 Å². The first-order valence-corrected chi connectivity index (χ1v) is 12.6. The Hall–Kier alpha value is -3.13. The molecule has 0 aliphatic heterocycles. The molecule has 0 spiro atoms. The van der Waals surface area contributed by atoms with Crippen molar-refractivity contribution in [3.8, 4) is 0 Å². The summed E-state index contributed by atoms with van der Waals surface area (Å²) in [4.78, 5) is 28.4. The Labute approximate surface area is 194 Å². The first-order chi connectivity index (χ1) is 15.7. The number of unbranched alkanes of at least 4 members (excludes halogenated alkanes) is 2. The predicted octanol–water partition coefficient (Wildman–Crippen LogP) is 4.40.